The minimum Gasteiger partial charge on any atom is -0.362 e. The standard InChI is InChI=1S/C15H11BrCl3FN2O/c16-10-3-7-12(8-4-10)21-14(15(17,18)19)22-13(23)9-1-5-11(20)6-2-9/h1-8,14,21H,(H,22,23)/t14-/m0/s1. The van der Waals surface area contributed by atoms with Crippen molar-refractivity contribution in [3.63, 3.8) is 0 Å². The first-order chi connectivity index (χ1) is 10.8. The van der Waals surface area contributed by atoms with Crippen LogP contribution in [0.2, 0.25) is 0 Å². The number of benzene rings is 2. The average molecular weight is 441 g/mol. The first-order valence-corrected chi connectivity index (χ1v) is 8.33. The van der Waals surface area contributed by atoms with E-state index in [1.54, 1.807) is 24.3 Å². The number of rotatable bonds is 4. The molecule has 23 heavy (non-hydrogen) atoms. The molecule has 122 valence electrons. The van der Waals surface area contributed by atoms with Gasteiger partial charge in [-0.2, -0.15) is 0 Å². The van der Waals surface area contributed by atoms with Gasteiger partial charge in [-0.05, 0) is 48.5 Å². The molecule has 0 aliphatic rings. The molecule has 1 atom stereocenters. The molecule has 0 spiro atoms. The molecule has 8 heteroatoms. The lowest BCUT2D eigenvalue weighted by Gasteiger charge is -2.27. The highest BCUT2D eigenvalue weighted by Crippen LogP contribution is 2.31. The van der Waals surface area contributed by atoms with Crippen LogP contribution in [0.3, 0.4) is 0 Å². The Balaban J connectivity index is 2.14. The van der Waals surface area contributed by atoms with Crippen molar-refractivity contribution >= 4 is 62.3 Å². The summed E-state index contributed by atoms with van der Waals surface area (Å²) in [6.45, 7) is 0. The molecule has 0 radical (unpaired) electrons. The second-order valence-electron chi connectivity index (χ2n) is 4.61. The van der Waals surface area contributed by atoms with Crippen LogP contribution in [0.15, 0.2) is 53.0 Å². The second kappa shape index (κ2) is 7.71. The number of nitrogens with one attached hydrogen (secondary N) is 2. The van der Waals surface area contributed by atoms with Crippen LogP contribution in [-0.4, -0.2) is 15.9 Å². The van der Waals surface area contributed by atoms with E-state index in [1.165, 1.54) is 24.3 Å². The minimum atomic E-state index is -1.79. The van der Waals surface area contributed by atoms with Crippen LogP contribution in [0.5, 0.6) is 0 Å². The summed E-state index contributed by atoms with van der Waals surface area (Å²) in [4.78, 5) is 12.2. The Morgan fingerprint density at radius 2 is 1.61 bits per heavy atom. The van der Waals surface area contributed by atoms with Crippen LogP contribution in [0.4, 0.5) is 10.1 Å². The third-order valence-corrected chi connectivity index (χ3v) is 4.05. The Morgan fingerprint density at radius 3 is 2.13 bits per heavy atom. The van der Waals surface area contributed by atoms with Crippen LogP contribution in [0.25, 0.3) is 0 Å². The second-order valence-corrected chi connectivity index (χ2v) is 7.89. The van der Waals surface area contributed by atoms with E-state index in [1.807, 2.05) is 0 Å². The maximum atomic E-state index is 12.9. The SMILES string of the molecule is O=C(N[C@H](Nc1ccc(Br)cc1)C(Cl)(Cl)Cl)c1ccc(F)cc1. The summed E-state index contributed by atoms with van der Waals surface area (Å²) >= 11 is 21.1. The summed E-state index contributed by atoms with van der Waals surface area (Å²) in [7, 11) is 0. The average Bonchev–Trinajstić information content (AvgIpc) is 2.48. The first kappa shape index (κ1) is 18.3. The van der Waals surface area contributed by atoms with Crippen LogP contribution in [-0.2, 0) is 0 Å². The lowest BCUT2D eigenvalue weighted by molar-refractivity contribution is 0.0942. The van der Waals surface area contributed by atoms with Gasteiger partial charge in [0.05, 0.1) is 0 Å². The highest BCUT2D eigenvalue weighted by molar-refractivity contribution is 9.10. The van der Waals surface area contributed by atoms with E-state index >= 15 is 0 Å². The van der Waals surface area contributed by atoms with Crippen molar-refractivity contribution in [2.24, 2.45) is 0 Å². The van der Waals surface area contributed by atoms with Gasteiger partial charge in [0.15, 0.2) is 0 Å². The fourth-order valence-electron chi connectivity index (χ4n) is 1.73. The highest BCUT2D eigenvalue weighted by atomic mass is 79.9. The number of halogens is 5. The Morgan fingerprint density at radius 1 is 1.04 bits per heavy atom. The van der Waals surface area contributed by atoms with Gasteiger partial charge in [0.25, 0.3) is 5.91 Å². The fourth-order valence-corrected chi connectivity index (χ4v) is 2.32. The molecule has 0 saturated carbocycles. The zero-order valence-corrected chi connectivity index (χ0v) is 15.3. The summed E-state index contributed by atoms with van der Waals surface area (Å²) in [6, 6.07) is 12.2. The highest BCUT2D eigenvalue weighted by Gasteiger charge is 2.34. The molecular weight excluding hydrogens is 429 g/mol. The van der Waals surface area contributed by atoms with Crippen LogP contribution in [0, 0.1) is 5.82 Å². The quantitative estimate of drug-likeness (QED) is 0.511. The number of hydrogen-bond acceptors (Lipinski definition) is 2. The fraction of sp³-hybridized carbons (Fsp3) is 0.133. The van der Waals surface area contributed by atoms with Gasteiger partial charge in [-0.3, -0.25) is 4.79 Å². The Hall–Kier alpha value is -1.01. The van der Waals surface area contributed by atoms with Gasteiger partial charge in [-0.15, -0.1) is 0 Å². The van der Waals surface area contributed by atoms with Gasteiger partial charge >= 0.3 is 0 Å². The van der Waals surface area contributed by atoms with Gasteiger partial charge < -0.3 is 10.6 Å². The van der Waals surface area contributed by atoms with Crippen molar-refractivity contribution in [2.75, 3.05) is 5.32 Å². The third kappa shape index (κ3) is 5.53. The van der Waals surface area contributed by atoms with Crippen molar-refractivity contribution in [2.45, 2.75) is 9.96 Å². The topological polar surface area (TPSA) is 41.1 Å². The third-order valence-electron chi connectivity index (χ3n) is 2.86. The largest absolute Gasteiger partial charge is 0.362 e. The van der Waals surface area contributed by atoms with Crippen LogP contribution >= 0.6 is 50.7 Å². The Labute approximate surface area is 156 Å². The van der Waals surface area contributed by atoms with Gasteiger partial charge in [0, 0.05) is 15.7 Å². The monoisotopic (exact) mass is 438 g/mol. The number of anilines is 1. The summed E-state index contributed by atoms with van der Waals surface area (Å²) in [5.41, 5.74) is 0.909. The zero-order valence-electron chi connectivity index (χ0n) is 11.5. The lowest BCUT2D eigenvalue weighted by Crippen LogP contribution is -2.49. The molecule has 0 aliphatic carbocycles. The molecule has 0 unspecified atom stereocenters. The van der Waals surface area contributed by atoms with E-state index in [0.29, 0.717) is 5.69 Å². The van der Waals surface area contributed by atoms with E-state index in [9.17, 15) is 9.18 Å². The predicted octanol–water partition coefficient (Wildman–Crippen LogP) is 5.13. The van der Waals surface area contributed by atoms with E-state index in [2.05, 4.69) is 26.6 Å². The van der Waals surface area contributed by atoms with Gasteiger partial charge in [-0.25, -0.2) is 4.39 Å². The number of hydrogen-bond donors (Lipinski definition) is 2. The van der Waals surface area contributed by atoms with Crippen molar-refractivity contribution < 1.29 is 9.18 Å². The summed E-state index contributed by atoms with van der Waals surface area (Å²) in [5.74, 6) is -0.932. The normalized spacial score (nSPS) is 12.6. The minimum absolute atomic E-state index is 0.253. The Bertz CT molecular complexity index is 675. The zero-order chi connectivity index (χ0) is 17.0. The van der Waals surface area contributed by atoms with Gasteiger partial charge in [0.2, 0.25) is 3.79 Å². The van der Waals surface area contributed by atoms with Crippen LogP contribution in [0.1, 0.15) is 10.4 Å². The maximum Gasteiger partial charge on any atom is 0.252 e. The predicted molar refractivity (Wildman–Crippen MR) is 95.7 cm³/mol. The van der Waals surface area contributed by atoms with Gasteiger partial charge in [-0.1, -0.05) is 50.7 Å². The molecule has 0 fully saturated rings. The van der Waals surface area contributed by atoms with Crippen molar-refractivity contribution in [1.82, 2.24) is 5.32 Å². The first-order valence-electron chi connectivity index (χ1n) is 6.41. The van der Waals surface area contributed by atoms with Gasteiger partial charge in [0.1, 0.15) is 12.0 Å². The van der Waals surface area contributed by atoms with E-state index in [4.69, 9.17) is 34.8 Å². The van der Waals surface area contributed by atoms with Crippen molar-refractivity contribution in [3.8, 4) is 0 Å². The number of carbonyl (C=O) groups excluding carboxylic acids is 1. The number of carbonyl (C=O) groups is 1. The van der Waals surface area contributed by atoms with Crippen molar-refractivity contribution in [1.29, 1.82) is 0 Å². The molecule has 0 aliphatic heterocycles. The maximum absolute atomic E-state index is 12.9. The molecule has 0 saturated heterocycles. The molecule has 0 heterocycles. The van der Waals surface area contributed by atoms with E-state index < -0.39 is 21.7 Å². The van der Waals surface area contributed by atoms with E-state index in [0.717, 1.165) is 4.47 Å². The smallest absolute Gasteiger partial charge is 0.252 e. The molecule has 2 aromatic carbocycles. The summed E-state index contributed by atoms with van der Waals surface area (Å²) in [5, 5.41) is 5.51. The Kier molecular flexibility index (Phi) is 6.14. The molecule has 1 amide bonds. The molecule has 2 rings (SSSR count). The molecule has 0 bridgehead atoms. The molecular formula is C15H11BrCl3FN2O. The summed E-state index contributed by atoms with van der Waals surface area (Å²) < 4.78 is 12.0. The summed E-state index contributed by atoms with van der Waals surface area (Å²) in [6.07, 6.45) is -0.980. The molecule has 0 aromatic heterocycles. The molecule has 2 N–H and O–H groups in total. The van der Waals surface area contributed by atoms with E-state index in [-0.39, 0.29) is 5.56 Å². The molecule has 2 aromatic rings. The molecule has 3 nitrogen and oxygen atoms in total. The lowest BCUT2D eigenvalue weighted by atomic mass is 10.2. The number of amides is 1. The number of alkyl halides is 3. The van der Waals surface area contributed by atoms with Crippen molar-refractivity contribution in [3.05, 3.63) is 64.4 Å². The van der Waals surface area contributed by atoms with Crippen LogP contribution < -0.4 is 10.6 Å².